The first-order valence-corrected chi connectivity index (χ1v) is 19.7. The van der Waals surface area contributed by atoms with Crippen molar-refractivity contribution in [2.24, 2.45) is 17.8 Å². The van der Waals surface area contributed by atoms with Crippen molar-refractivity contribution in [1.29, 1.82) is 0 Å². The van der Waals surface area contributed by atoms with Gasteiger partial charge in [0.15, 0.2) is 0 Å². The second-order valence-electron chi connectivity index (χ2n) is 14.8. The van der Waals surface area contributed by atoms with Gasteiger partial charge in [0.05, 0.1) is 43.2 Å². The molecular formula is C42H54BrN3O8. The van der Waals surface area contributed by atoms with E-state index in [0.29, 0.717) is 24.1 Å². The summed E-state index contributed by atoms with van der Waals surface area (Å²) in [5, 5.41) is 13.8. The van der Waals surface area contributed by atoms with Crippen LogP contribution in [0.25, 0.3) is 0 Å². The second-order valence-corrected chi connectivity index (χ2v) is 16.0. The highest BCUT2D eigenvalue weighted by molar-refractivity contribution is 9.09. The first-order valence-electron chi connectivity index (χ1n) is 18.8. The molecule has 3 aliphatic rings. The number of alkyl halides is 1. The number of rotatable bonds is 18. The van der Waals surface area contributed by atoms with E-state index in [0.717, 1.165) is 11.1 Å². The number of likely N-dealkylation sites (tertiary alicyclic amines) is 1. The van der Waals surface area contributed by atoms with E-state index < -0.39 is 59.6 Å². The molecule has 11 nitrogen and oxygen atoms in total. The highest BCUT2D eigenvalue weighted by atomic mass is 79.9. The number of anilines is 1. The molecule has 3 aliphatic heterocycles. The standard InChI is InChI=1S/C42H54BrN3O8/c1-8-11-17-33(48)44-30(24-52-7)36(28-15-13-12-14-16-28)53-41(51)34-35-39(49)46(32(23-47)26(5)10-3)38(42(35)22-29(43)37(34)54-42)40(50)45(20-9-2)31-21-25(4)18-19-27(31)6/h8-9,12-16,18-19,21,26,29-30,32,34-38,47H,1-2,10-11,17,20,22-24H2,3-7H3,(H,44,48)/t26-,29?,30+,32-,34-,35+,36+,37-,38-,42+/m0/s1. The zero-order chi connectivity index (χ0) is 39.3. The Morgan fingerprint density at radius 2 is 1.89 bits per heavy atom. The van der Waals surface area contributed by atoms with E-state index in [2.05, 4.69) is 34.4 Å². The maximum atomic E-state index is 15.2. The molecule has 292 valence electrons. The zero-order valence-electron chi connectivity index (χ0n) is 31.9. The van der Waals surface area contributed by atoms with Gasteiger partial charge in [-0.2, -0.15) is 0 Å². The average molecular weight is 809 g/mol. The molecule has 0 saturated carbocycles. The van der Waals surface area contributed by atoms with Crippen LogP contribution in [0, 0.1) is 31.6 Å². The second kappa shape index (κ2) is 17.7. The van der Waals surface area contributed by atoms with Crippen LogP contribution in [0.2, 0.25) is 0 Å². The fraction of sp³-hybridized carbons (Fsp3) is 0.524. The van der Waals surface area contributed by atoms with Gasteiger partial charge in [0, 0.05) is 30.6 Å². The third-order valence-corrected chi connectivity index (χ3v) is 12.2. The molecule has 0 aromatic heterocycles. The summed E-state index contributed by atoms with van der Waals surface area (Å²) in [6, 6.07) is 12.3. The van der Waals surface area contributed by atoms with Crippen LogP contribution >= 0.6 is 15.9 Å². The first kappa shape index (κ1) is 41.3. The minimum Gasteiger partial charge on any atom is -0.455 e. The van der Waals surface area contributed by atoms with Gasteiger partial charge < -0.3 is 34.4 Å². The largest absolute Gasteiger partial charge is 0.455 e. The topological polar surface area (TPSA) is 135 Å². The number of amides is 3. The van der Waals surface area contributed by atoms with Crippen LogP contribution in [-0.4, -0.2) is 95.2 Å². The van der Waals surface area contributed by atoms with Gasteiger partial charge in [-0.05, 0) is 55.4 Å². The number of nitrogens with zero attached hydrogens (tertiary/aromatic N) is 2. The molecule has 0 radical (unpaired) electrons. The number of carbonyl (C=O) groups excluding carboxylic acids is 4. The number of allylic oxidation sites excluding steroid dienone is 1. The third kappa shape index (κ3) is 7.80. The van der Waals surface area contributed by atoms with Crippen LogP contribution in [0.15, 0.2) is 73.8 Å². The highest BCUT2D eigenvalue weighted by Gasteiger charge is 2.78. The molecular weight excluding hydrogens is 754 g/mol. The molecule has 12 heteroatoms. The Hall–Kier alpha value is -3.84. The minimum atomic E-state index is -1.40. The molecule has 3 fully saturated rings. The van der Waals surface area contributed by atoms with E-state index in [1.165, 1.54) is 12.0 Å². The summed E-state index contributed by atoms with van der Waals surface area (Å²) in [7, 11) is 1.50. The number of aliphatic hydroxyl groups excluding tert-OH is 1. The van der Waals surface area contributed by atoms with Gasteiger partial charge in [-0.15, -0.1) is 13.2 Å². The molecule has 5 rings (SSSR count). The van der Waals surface area contributed by atoms with Crippen LogP contribution in [0.3, 0.4) is 0 Å². The van der Waals surface area contributed by atoms with Gasteiger partial charge >= 0.3 is 5.97 Å². The summed E-state index contributed by atoms with van der Waals surface area (Å²) in [4.78, 5) is 60.7. The van der Waals surface area contributed by atoms with Crippen molar-refractivity contribution in [2.75, 3.05) is 31.8 Å². The molecule has 1 unspecified atom stereocenters. The Bertz CT molecular complexity index is 1710. The van der Waals surface area contributed by atoms with Gasteiger partial charge in [-0.25, -0.2) is 0 Å². The Labute approximate surface area is 327 Å². The van der Waals surface area contributed by atoms with E-state index >= 15 is 9.59 Å². The van der Waals surface area contributed by atoms with Crippen molar-refractivity contribution in [2.45, 2.75) is 94.1 Å². The lowest BCUT2D eigenvalue weighted by molar-refractivity contribution is -0.163. The molecule has 3 saturated heterocycles. The maximum absolute atomic E-state index is 15.2. The number of methoxy groups -OCH3 is 1. The summed E-state index contributed by atoms with van der Waals surface area (Å²) in [5.41, 5.74) is 1.73. The summed E-state index contributed by atoms with van der Waals surface area (Å²) >= 11 is 3.77. The minimum absolute atomic E-state index is 0.0413. The van der Waals surface area contributed by atoms with Crippen LogP contribution < -0.4 is 10.2 Å². The quantitative estimate of drug-likeness (QED) is 0.117. The normalized spacial score (nSPS) is 26.4. The Balaban J connectivity index is 1.59. The molecule has 10 atom stereocenters. The summed E-state index contributed by atoms with van der Waals surface area (Å²) in [6.45, 7) is 15.2. The van der Waals surface area contributed by atoms with Gasteiger partial charge in [0.2, 0.25) is 11.8 Å². The number of hydrogen-bond acceptors (Lipinski definition) is 8. The summed E-state index contributed by atoms with van der Waals surface area (Å²) in [6.07, 6.45) is 3.12. The zero-order valence-corrected chi connectivity index (χ0v) is 33.5. The number of esters is 1. The Kier molecular flexibility index (Phi) is 13.6. The van der Waals surface area contributed by atoms with E-state index in [9.17, 15) is 14.7 Å². The van der Waals surface area contributed by atoms with Crippen molar-refractivity contribution in [3.05, 3.63) is 90.5 Å². The number of nitrogens with one attached hydrogen (secondary N) is 1. The van der Waals surface area contributed by atoms with Crippen LogP contribution in [0.1, 0.15) is 62.3 Å². The molecule has 2 bridgehead atoms. The predicted octanol–water partition coefficient (Wildman–Crippen LogP) is 5.36. The number of carbonyl (C=O) groups is 4. The fourth-order valence-corrected chi connectivity index (χ4v) is 9.45. The smallest absolute Gasteiger partial charge is 0.313 e. The number of hydrogen-bond donors (Lipinski definition) is 2. The molecule has 2 aromatic carbocycles. The lowest BCUT2D eigenvalue weighted by Gasteiger charge is -2.41. The molecule has 2 aromatic rings. The molecule has 0 aliphatic carbocycles. The van der Waals surface area contributed by atoms with E-state index in [1.54, 1.807) is 29.2 Å². The van der Waals surface area contributed by atoms with E-state index in [4.69, 9.17) is 14.2 Å². The van der Waals surface area contributed by atoms with Crippen molar-refractivity contribution in [3.63, 3.8) is 0 Å². The molecule has 3 amide bonds. The number of halogens is 1. The van der Waals surface area contributed by atoms with Gasteiger partial charge in [-0.1, -0.05) is 90.8 Å². The number of fused-ring (bicyclic) bond motifs is 1. The molecule has 2 N–H and O–H groups in total. The molecule has 1 spiro atoms. The lowest BCUT2D eigenvalue weighted by Crippen LogP contribution is -2.60. The predicted molar refractivity (Wildman–Crippen MR) is 210 cm³/mol. The lowest BCUT2D eigenvalue weighted by atomic mass is 9.70. The van der Waals surface area contributed by atoms with Crippen molar-refractivity contribution >= 4 is 45.3 Å². The van der Waals surface area contributed by atoms with Crippen LogP contribution in [-0.2, 0) is 33.4 Å². The fourth-order valence-electron chi connectivity index (χ4n) is 8.51. The maximum Gasteiger partial charge on any atom is 0.313 e. The number of aryl methyl sites for hydroxylation is 2. The Morgan fingerprint density at radius 1 is 1.17 bits per heavy atom. The number of aliphatic hydroxyl groups is 1. The SMILES string of the molecule is C=CCCC(=O)N[C@H](COC)[C@H](OC(=O)[C@@H]1[C@H]2O[C@@]3(CC2Br)[C@H](C(=O)N(CC=C)c2cc(C)ccc2C)N([C@@H](CO)[C@@H](C)CC)C(=O)[C@@H]13)c1ccccc1. The van der Waals surface area contributed by atoms with E-state index in [1.807, 2.05) is 64.1 Å². The Morgan fingerprint density at radius 3 is 2.52 bits per heavy atom. The van der Waals surface area contributed by atoms with Crippen molar-refractivity contribution in [3.8, 4) is 0 Å². The van der Waals surface area contributed by atoms with Crippen molar-refractivity contribution < 1.29 is 38.5 Å². The monoisotopic (exact) mass is 807 g/mol. The van der Waals surface area contributed by atoms with E-state index in [-0.39, 0.29) is 55.2 Å². The van der Waals surface area contributed by atoms with Crippen LogP contribution in [0.4, 0.5) is 5.69 Å². The molecule has 54 heavy (non-hydrogen) atoms. The summed E-state index contributed by atoms with van der Waals surface area (Å²) in [5.74, 6) is -4.09. The molecule has 3 heterocycles. The van der Waals surface area contributed by atoms with Gasteiger partial charge in [-0.3, -0.25) is 19.2 Å². The van der Waals surface area contributed by atoms with Crippen LogP contribution in [0.5, 0.6) is 0 Å². The van der Waals surface area contributed by atoms with Crippen molar-refractivity contribution in [1.82, 2.24) is 10.2 Å². The van der Waals surface area contributed by atoms with Gasteiger partial charge in [0.1, 0.15) is 17.7 Å². The summed E-state index contributed by atoms with van der Waals surface area (Å²) < 4.78 is 18.7. The van der Waals surface area contributed by atoms with Gasteiger partial charge in [0.25, 0.3) is 5.91 Å². The highest BCUT2D eigenvalue weighted by Crippen LogP contribution is 2.61. The average Bonchev–Trinajstić information content (AvgIpc) is 3.76. The number of benzene rings is 2. The first-order chi connectivity index (χ1) is 25.9. The third-order valence-electron chi connectivity index (χ3n) is 11.3. The number of ether oxygens (including phenoxy) is 3.